The van der Waals surface area contributed by atoms with Gasteiger partial charge in [0.25, 0.3) is 5.69 Å². The normalized spacial score (nSPS) is 10.8. The van der Waals surface area contributed by atoms with Crippen molar-refractivity contribution in [2.75, 3.05) is 5.75 Å². The number of rotatable bonds is 7. The van der Waals surface area contributed by atoms with Gasteiger partial charge in [0.15, 0.2) is 16.8 Å². The van der Waals surface area contributed by atoms with Crippen molar-refractivity contribution in [3.8, 4) is 11.4 Å². The maximum Gasteiger partial charge on any atom is 0.270 e. The Kier molecular flexibility index (Phi) is 6.25. The lowest BCUT2D eigenvalue weighted by Crippen LogP contribution is -2.06. The smallest absolute Gasteiger partial charge is 0.270 e. The Balaban J connectivity index is 1.81. The van der Waals surface area contributed by atoms with Gasteiger partial charge in [0.2, 0.25) is 0 Å². The Bertz CT molecular complexity index is 1050. The highest BCUT2D eigenvalue weighted by Crippen LogP contribution is 2.27. The third kappa shape index (κ3) is 4.31. The highest BCUT2D eigenvalue weighted by molar-refractivity contribution is 9.10. The minimum Gasteiger partial charge on any atom is -0.302 e. The van der Waals surface area contributed by atoms with Crippen LogP contribution in [0.15, 0.2) is 52.1 Å². The van der Waals surface area contributed by atoms with Crippen LogP contribution < -0.4 is 0 Å². The van der Waals surface area contributed by atoms with Gasteiger partial charge in [-0.2, -0.15) is 0 Å². The second-order valence-corrected chi connectivity index (χ2v) is 7.85. The molecule has 0 aliphatic heterocycles. The third-order valence-corrected chi connectivity index (χ3v) is 5.76. The van der Waals surface area contributed by atoms with Crippen molar-refractivity contribution in [3.05, 3.63) is 68.2 Å². The fourth-order valence-electron chi connectivity index (χ4n) is 2.73. The highest BCUT2D eigenvalue weighted by atomic mass is 79.9. The topological polar surface area (TPSA) is 90.9 Å². The van der Waals surface area contributed by atoms with E-state index >= 15 is 0 Å². The molecule has 0 fully saturated rings. The van der Waals surface area contributed by atoms with E-state index in [1.54, 1.807) is 0 Å². The van der Waals surface area contributed by atoms with E-state index in [4.69, 9.17) is 0 Å². The number of halogens is 1. The SMILES string of the molecule is CCn1c(SCC(=O)c2cc([N+](=O)[O-])ccc2Br)nnc1-c1cccc(C)c1. The van der Waals surface area contributed by atoms with Crippen LogP contribution in [0.5, 0.6) is 0 Å². The zero-order valence-electron chi connectivity index (χ0n) is 15.3. The largest absolute Gasteiger partial charge is 0.302 e. The molecule has 0 saturated heterocycles. The number of thioether (sulfide) groups is 1. The van der Waals surface area contributed by atoms with Crippen molar-refractivity contribution < 1.29 is 9.72 Å². The van der Waals surface area contributed by atoms with E-state index in [9.17, 15) is 14.9 Å². The summed E-state index contributed by atoms with van der Waals surface area (Å²) in [5, 5.41) is 20.1. The summed E-state index contributed by atoms with van der Waals surface area (Å²) in [4.78, 5) is 23.1. The quantitative estimate of drug-likeness (QED) is 0.215. The number of Topliss-reactive ketones (excluding diaryl/α,β-unsaturated/α-hetero) is 1. The number of nitro groups is 1. The molecule has 0 radical (unpaired) electrons. The Hall–Kier alpha value is -2.52. The molecule has 0 N–H and O–H groups in total. The fraction of sp³-hybridized carbons (Fsp3) is 0.211. The minimum atomic E-state index is -0.516. The molecule has 0 unspecified atom stereocenters. The molecular formula is C19H17BrN4O3S. The summed E-state index contributed by atoms with van der Waals surface area (Å²) in [5.74, 6) is 0.632. The molecule has 9 heteroatoms. The monoisotopic (exact) mass is 460 g/mol. The first-order valence-corrected chi connectivity index (χ1v) is 10.3. The maximum atomic E-state index is 12.6. The molecular weight excluding hydrogens is 444 g/mol. The number of nitro benzene ring substituents is 1. The van der Waals surface area contributed by atoms with E-state index < -0.39 is 4.92 Å². The summed E-state index contributed by atoms with van der Waals surface area (Å²) >= 11 is 4.56. The summed E-state index contributed by atoms with van der Waals surface area (Å²) in [5.41, 5.74) is 2.26. The van der Waals surface area contributed by atoms with Gasteiger partial charge in [0.1, 0.15) is 0 Å². The third-order valence-electron chi connectivity index (χ3n) is 4.10. The average Bonchev–Trinajstić information content (AvgIpc) is 3.09. The Morgan fingerprint density at radius 2 is 2.04 bits per heavy atom. The van der Waals surface area contributed by atoms with Crippen molar-refractivity contribution in [1.29, 1.82) is 0 Å². The molecule has 0 amide bonds. The second-order valence-electron chi connectivity index (χ2n) is 6.05. The van der Waals surface area contributed by atoms with Crippen LogP contribution in [-0.2, 0) is 6.54 Å². The Morgan fingerprint density at radius 1 is 1.25 bits per heavy atom. The predicted octanol–water partition coefficient (Wildman–Crippen LogP) is 4.92. The van der Waals surface area contributed by atoms with Crippen LogP contribution in [0.1, 0.15) is 22.8 Å². The van der Waals surface area contributed by atoms with Crippen molar-refractivity contribution in [3.63, 3.8) is 0 Å². The molecule has 3 rings (SSSR count). The Labute approximate surface area is 174 Å². The molecule has 0 spiro atoms. The van der Waals surface area contributed by atoms with Crippen LogP contribution in [0.25, 0.3) is 11.4 Å². The number of benzene rings is 2. The van der Waals surface area contributed by atoms with Gasteiger partial charge in [-0.05, 0) is 26.0 Å². The van der Waals surface area contributed by atoms with E-state index in [2.05, 4.69) is 26.1 Å². The molecule has 0 aliphatic rings. The van der Waals surface area contributed by atoms with E-state index in [1.807, 2.05) is 42.7 Å². The average molecular weight is 461 g/mol. The van der Waals surface area contributed by atoms with E-state index in [1.165, 1.54) is 30.0 Å². The molecule has 7 nitrogen and oxygen atoms in total. The molecule has 0 bridgehead atoms. The summed E-state index contributed by atoms with van der Waals surface area (Å²) < 4.78 is 2.48. The minimum absolute atomic E-state index is 0.103. The summed E-state index contributed by atoms with van der Waals surface area (Å²) in [6.07, 6.45) is 0. The lowest BCUT2D eigenvalue weighted by Gasteiger charge is -2.08. The molecule has 0 aliphatic carbocycles. The number of aryl methyl sites for hydroxylation is 1. The first kappa shape index (κ1) is 20.2. The summed E-state index contributed by atoms with van der Waals surface area (Å²) in [7, 11) is 0. The van der Waals surface area contributed by atoms with Crippen LogP contribution in [-0.4, -0.2) is 31.2 Å². The van der Waals surface area contributed by atoms with Crippen LogP contribution in [0.2, 0.25) is 0 Å². The zero-order chi connectivity index (χ0) is 20.3. The lowest BCUT2D eigenvalue weighted by atomic mass is 10.1. The molecule has 2 aromatic carbocycles. The standard InChI is InChI=1S/C19H17BrN4O3S/c1-3-23-18(13-6-4-5-12(2)9-13)21-22-19(23)28-11-17(25)15-10-14(24(26)27)7-8-16(15)20/h4-10H,3,11H2,1-2H3. The predicted molar refractivity (Wildman–Crippen MR) is 112 cm³/mol. The number of carbonyl (C=O) groups excluding carboxylic acids is 1. The first-order chi connectivity index (χ1) is 13.4. The number of nitrogens with zero attached hydrogens (tertiary/aromatic N) is 4. The molecule has 0 saturated carbocycles. The molecule has 0 atom stereocenters. The molecule has 1 aromatic heterocycles. The number of hydrogen-bond donors (Lipinski definition) is 0. The summed E-state index contributed by atoms with van der Waals surface area (Å²) in [6.45, 7) is 4.67. The highest BCUT2D eigenvalue weighted by Gasteiger charge is 2.18. The van der Waals surface area contributed by atoms with Crippen molar-refractivity contribution in [2.45, 2.75) is 25.5 Å². The van der Waals surface area contributed by atoms with Gasteiger partial charge in [0.05, 0.1) is 10.7 Å². The van der Waals surface area contributed by atoms with Crippen LogP contribution in [0, 0.1) is 17.0 Å². The van der Waals surface area contributed by atoms with Gasteiger partial charge in [-0.1, -0.05) is 51.5 Å². The van der Waals surface area contributed by atoms with Crippen LogP contribution in [0.3, 0.4) is 0 Å². The summed E-state index contributed by atoms with van der Waals surface area (Å²) in [6, 6.07) is 12.2. The molecule has 144 valence electrons. The molecule has 3 aromatic rings. The number of non-ortho nitro benzene ring substituents is 1. The van der Waals surface area contributed by atoms with Crippen molar-refractivity contribution >= 4 is 39.2 Å². The van der Waals surface area contributed by atoms with Crippen LogP contribution >= 0.6 is 27.7 Å². The van der Waals surface area contributed by atoms with Crippen LogP contribution in [0.4, 0.5) is 5.69 Å². The first-order valence-electron chi connectivity index (χ1n) is 8.51. The van der Waals surface area contributed by atoms with Crippen molar-refractivity contribution in [1.82, 2.24) is 14.8 Å². The molecule has 1 heterocycles. The fourth-order valence-corrected chi connectivity index (χ4v) is 4.08. The van der Waals surface area contributed by atoms with Gasteiger partial charge in [-0.25, -0.2) is 0 Å². The maximum absolute atomic E-state index is 12.6. The van der Waals surface area contributed by atoms with Gasteiger partial charge in [0, 0.05) is 34.3 Å². The van der Waals surface area contributed by atoms with Crippen molar-refractivity contribution in [2.24, 2.45) is 0 Å². The second kappa shape index (κ2) is 8.66. The van der Waals surface area contributed by atoms with E-state index in [0.29, 0.717) is 16.2 Å². The van der Waals surface area contributed by atoms with Gasteiger partial charge < -0.3 is 4.57 Å². The number of ketones is 1. The zero-order valence-corrected chi connectivity index (χ0v) is 17.7. The van der Waals surface area contributed by atoms with Gasteiger partial charge in [-0.15, -0.1) is 10.2 Å². The van der Waals surface area contributed by atoms with E-state index in [-0.39, 0.29) is 22.8 Å². The molecule has 28 heavy (non-hydrogen) atoms. The lowest BCUT2D eigenvalue weighted by molar-refractivity contribution is -0.384. The van der Waals surface area contributed by atoms with Gasteiger partial charge >= 0.3 is 0 Å². The Morgan fingerprint density at radius 3 is 2.71 bits per heavy atom. The van der Waals surface area contributed by atoms with Gasteiger partial charge in [-0.3, -0.25) is 14.9 Å². The number of aromatic nitrogens is 3. The number of hydrogen-bond acceptors (Lipinski definition) is 6. The van der Waals surface area contributed by atoms with E-state index in [0.717, 1.165) is 17.0 Å². The number of carbonyl (C=O) groups is 1.